The van der Waals surface area contributed by atoms with Gasteiger partial charge >= 0.3 is 0 Å². The molecule has 0 saturated carbocycles. The SMILES string of the molecule is CCC(CC)N(CCCC(C)=O)CC(C)C. The summed E-state index contributed by atoms with van der Waals surface area (Å²) in [6.07, 6.45) is 4.17. The van der Waals surface area contributed by atoms with E-state index in [1.807, 2.05) is 0 Å². The molecule has 0 aromatic heterocycles. The zero-order chi connectivity index (χ0) is 12.6. The van der Waals surface area contributed by atoms with Crippen LogP contribution in [0.4, 0.5) is 0 Å². The van der Waals surface area contributed by atoms with Gasteiger partial charge in [-0.05, 0) is 38.6 Å². The Balaban J connectivity index is 4.13. The van der Waals surface area contributed by atoms with E-state index in [0.29, 0.717) is 17.7 Å². The van der Waals surface area contributed by atoms with Crippen LogP contribution in [0.1, 0.15) is 60.3 Å². The third-order valence-electron chi connectivity index (χ3n) is 3.03. The van der Waals surface area contributed by atoms with Crippen LogP contribution < -0.4 is 0 Å². The highest BCUT2D eigenvalue weighted by molar-refractivity contribution is 5.75. The minimum atomic E-state index is 0.314. The summed E-state index contributed by atoms with van der Waals surface area (Å²) >= 11 is 0. The predicted octanol–water partition coefficient (Wildman–Crippen LogP) is 3.50. The Labute approximate surface area is 101 Å². The van der Waals surface area contributed by atoms with Crippen LogP contribution in [0.3, 0.4) is 0 Å². The maximum absolute atomic E-state index is 10.9. The second kappa shape index (κ2) is 8.74. The summed E-state index contributed by atoms with van der Waals surface area (Å²) in [5, 5.41) is 0. The maximum Gasteiger partial charge on any atom is 0.129 e. The molecule has 2 heteroatoms. The van der Waals surface area contributed by atoms with Crippen molar-refractivity contribution in [1.29, 1.82) is 0 Å². The molecule has 0 aliphatic rings. The van der Waals surface area contributed by atoms with E-state index in [2.05, 4.69) is 32.6 Å². The third kappa shape index (κ3) is 7.00. The number of rotatable bonds is 9. The Kier molecular flexibility index (Phi) is 8.54. The van der Waals surface area contributed by atoms with Crippen molar-refractivity contribution in [2.75, 3.05) is 13.1 Å². The summed E-state index contributed by atoms with van der Waals surface area (Å²) < 4.78 is 0. The van der Waals surface area contributed by atoms with Gasteiger partial charge in [-0.25, -0.2) is 0 Å². The van der Waals surface area contributed by atoms with Crippen LogP contribution in [0.25, 0.3) is 0 Å². The van der Waals surface area contributed by atoms with Crippen molar-refractivity contribution in [1.82, 2.24) is 4.90 Å². The molecular formula is C14H29NO. The molecule has 0 saturated heterocycles. The summed E-state index contributed by atoms with van der Waals surface area (Å²) in [4.78, 5) is 13.5. The van der Waals surface area contributed by atoms with Crippen LogP contribution in [0.2, 0.25) is 0 Å². The standard InChI is InChI=1S/C14H29NO/c1-6-14(7-2)15(11-12(3)4)10-8-9-13(5)16/h12,14H,6-11H2,1-5H3. The zero-order valence-corrected chi connectivity index (χ0v) is 11.8. The Morgan fingerprint density at radius 3 is 2.12 bits per heavy atom. The zero-order valence-electron chi connectivity index (χ0n) is 11.8. The molecule has 0 amide bonds. The molecule has 0 fully saturated rings. The quantitative estimate of drug-likeness (QED) is 0.601. The average molecular weight is 227 g/mol. The van der Waals surface area contributed by atoms with Crippen LogP contribution >= 0.6 is 0 Å². The first-order valence-electron chi connectivity index (χ1n) is 6.74. The monoisotopic (exact) mass is 227 g/mol. The van der Waals surface area contributed by atoms with Gasteiger partial charge in [-0.1, -0.05) is 27.7 Å². The highest BCUT2D eigenvalue weighted by Crippen LogP contribution is 2.12. The first-order valence-corrected chi connectivity index (χ1v) is 6.74. The summed E-state index contributed by atoms with van der Waals surface area (Å²) in [7, 11) is 0. The fourth-order valence-electron chi connectivity index (χ4n) is 2.23. The average Bonchev–Trinajstić information content (AvgIpc) is 2.17. The number of carbonyl (C=O) groups is 1. The van der Waals surface area contributed by atoms with Crippen molar-refractivity contribution in [2.24, 2.45) is 5.92 Å². The van der Waals surface area contributed by atoms with Gasteiger partial charge in [-0.15, -0.1) is 0 Å². The fraction of sp³-hybridized carbons (Fsp3) is 0.929. The lowest BCUT2D eigenvalue weighted by molar-refractivity contribution is -0.117. The van der Waals surface area contributed by atoms with Gasteiger partial charge < -0.3 is 9.69 Å². The lowest BCUT2D eigenvalue weighted by Gasteiger charge is -2.31. The molecule has 0 aliphatic carbocycles. The van der Waals surface area contributed by atoms with E-state index in [0.717, 1.165) is 25.9 Å². The van der Waals surface area contributed by atoms with Crippen molar-refractivity contribution in [2.45, 2.75) is 66.3 Å². The van der Waals surface area contributed by atoms with Gasteiger partial charge in [0.15, 0.2) is 0 Å². The van der Waals surface area contributed by atoms with E-state index in [4.69, 9.17) is 0 Å². The van der Waals surface area contributed by atoms with Crippen molar-refractivity contribution >= 4 is 5.78 Å². The Morgan fingerprint density at radius 2 is 1.75 bits per heavy atom. The molecule has 0 rings (SSSR count). The molecule has 2 nitrogen and oxygen atoms in total. The van der Waals surface area contributed by atoms with Crippen molar-refractivity contribution < 1.29 is 4.79 Å². The molecule has 0 atom stereocenters. The molecule has 0 unspecified atom stereocenters. The minimum Gasteiger partial charge on any atom is -0.300 e. The lowest BCUT2D eigenvalue weighted by atomic mass is 10.1. The molecule has 0 aliphatic heterocycles. The van der Waals surface area contributed by atoms with E-state index in [9.17, 15) is 4.79 Å². The molecule has 0 aromatic carbocycles. The van der Waals surface area contributed by atoms with Gasteiger partial charge in [0.25, 0.3) is 0 Å². The Bertz CT molecular complexity index is 185. The smallest absolute Gasteiger partial charge is 0.129 e. The van der Waals surface area contributed by atoms with Gasteiger partial charge in [0.1, 0.15) is 5.78 Å². The second-order valence-electron chi connectivity index (χ2n) is 5.16. The number of Topliss-reactive ketones (excluding diaryl/α,β-unsaturated/α-hetero) is 1. The molecule has 0 spiro atoms. The fourth-order valence-corrected chi connectivity index (χ4v) is 2.23. The van der Waals surface area contributed by atoms with E-state index in [1.54, 1.807) is 6.92 Å². The maximum atomic E-state index is 10.9. The largest absolute Gasteiger partial charge is 0.300 e. The summed E-state index contributed by atoms with van der Waals surface area (Å²) in [5.74, 6) is 1.02. The highest BCUT2D eigenvalue weighted by atomic mass is 16.1. The van der Waals surface area contributed by atoms with Gasteiger partial charge in [0.05, 0.1) is 0 Å². The van der Waals surface area contributed by atoms with Gasteiger partial charge in [-0.3, -0.25) is 0 Å². The third-order valence-corrected chi connectivity index (χ3v) is 3.03. The van der Waals surface area contributed by atoms with Crippen LogP contribution in [0, 0.1) is 5.92 Å². The van der Waals surface area contributed by atoms with Crippen molar-refractivity contribution in [3.63, 3.8) is 0 Å². The number of ketones is 1. The van der Waals surface area contributed by atoms with Gasteiger partial charge in [0, 0.05) is 19.0 Å². The summed E-state index contributed by atoms with van der Waals surface area (Å²) in [5.41, 5.74) is 0. The van der Waals surface area contributed by atoms with E-state index in [-0.39, 0.29) is 0 Å². The molecule has 0 aromatic rings. The normalized spacial score (nSPS) is 11.8. The van der Waals surface area contributed by atoms with E-state index in [1.165, 1.54) is 12.8 Å². The summed E-state index contributed by atoms with van der Waals surface area (Å²) in [6, 6.07) is 0.689. The lowest BCUT2D eigenvalue weighted by Crippen LogP contribution is -2.38. The first kappa shape index (κ1) is 15.6. The van der Waals surface area contributed by atoms with Gasteiger partial charge in [0.2, 0.25) is 0 Å². The van der Waals surface area contributed by atoms with Crippen LogP contribution in [0.5, 0.6) is 0 Å². The highest BCUT2D eigenvalue weighted by Gasteiger charge is 2.15. The number of nitrogens with zero attached hydrogens (tertiary/aromatic N) is 1. The number of hydrogen-bond acceptors (Lipinski definition) is 2. The predicted molar refractivity (Wildman–Crippen MR) is 70.7 cm³/mol. The number of hydrogen-bond donors (Lipinski definition) is 0. The summed E-state index contributed by atoms with van der Waals surface area (Å²) in [6.45, 7) is 13.0. The van der Waals surface area contributed by atoms with Crippen LogP contribution in [0.15, 0.2) is 0 Å². The Hall–Kier alpha value is -0.370. The van der Waals surface area contributed by atoms with Gasteiger partial charge in [-0.2, -0.15) is 0 Å². The number of carbonyl (C=O) groups excluding carboxylic acids is 1. The molecule has 0 radical (unpaired) electrons. The topological polar surface area (TPSA) is 20.3 Å². The van der Waals surface area contributed by atoms with Crippen molar-refractivity contribution in [3.05, 3.63) is 0 Å². The van der Waals surface area contributed by atoms with Crippen LogP contribution in [-0.2, 0) is 4.79 Å². The molecule has 16 heavy (non-hydrogen) atoms. The van der Waals surface area contributed by atoms with E-state index < -0.39 is 0 Å². The first-order chi connectivity index (χ1) is 7.51. The molecular weight excluding hydrogens is 198 g/mol. The minimum absolute atomic E-state index is 0.314. The molecule has 96 valence electrons. The van der Waals surface area contributed by atoms with Crippen LogP contribution in [-0.4, -0.2) is 29.8 Å². The molecule has 0 heterocycles. The second-order valence-corrected chi connectivity index (χ2v) is 5.16. The molecule has 0 N–H and O–H groups in total. The van der Waals surface area contributed by atoms with E-state index >= 15 is 0 Å². The Morgan fingerprint density at radius 1 is 1.19 bits per heavy atom. The van der Waals surface area contributed by atoms with Crippen molar-refractivity contribution in [3.8, 4) is 0 Å². The molecule has 0 bridgehead atoms.